The van der Waals surface area contributed by atoms with Gasteiger partial charge in [0.05, 0.1) is 0 Å². The first-order valence-electron chi connectivity index (χ1n) is 1.44. The summed E-state index contributed by atoms with van der Waals surface area (Å²) in [6.45, 7) is 10.2. The smallest absolute Gasteiger partial charge is 0.00626 e. The highest BCUT2D eigenvalue weighted by atomic mass is 13.7. The van der Waals surface area contributed by atoms with Crippen molar-refractivity contribution in [1.82, 2.24) is 0 Å². The Balaban J connectivity index is 2.32. The van der Waals surface area contributed by atoms with E-state index < -0.39 is 0 Å². The van der Waals surface area contributed by atoms with E-state index in [-0.39, 0.29) is 5.92 Å². The summed E-state index contributed by atoms with van der Waals surface area (Å²) in [5.74, 6) is 0.0833. The first-order chi connectivity index (χ1) is 1.73. The molecule has 0 saturated heterocycles. The third-order valence-electron chi connectivity index (χ3n) is 0. The molecule has 0 aliphatic carbocycles. The molecule has 23 valence electrons. The van der Waals surface area contributed by atoms with Crippen molar-refractivity contribution < 1.29 is 0 Å². The largest absolute Gasteiger partial charge is 0.0622 e. The van der Waals surface area contributed by atoms with Crippen LogP contribution in [0.25, 0.3) is 0 Å². The standard InChI is InChI=1S/C4H7/c1-4(2)3/h4H,1-2H3. The summed E-state index contributed by atoms with van der Waals surface area (Å²) in [4.78, 5) is 0. The maximum absolute atomic E-state index is 6.58. The Morgan fingerprint density at radius 3 is 1.50 bits per heavy atom. The lowest BCUT2D eigenvalue weighted by molar-refractivity contribution is 0.827. The van der Waals surface area contributed by atoms with Gasteiger partial charge in [-0.3, -0.25) is 0 Å². The van der Waals surface area contributed by atoms with Gasteiger partial charge in [0.25, 0.3) is 0 Å². The molecule has 4 heavy (non-hydrogen) atoms. The van der Waals surface area contributed by atoms with Crippen molar-refractivity contribution in [2.45, 2.75) is 13.8 Å². The quantitative estimate of drug-likeness (QED) is 0.391. The Bertz CT molecular complexity index is 4.75. The normalized spacial score (nSPS) is 9.00. The molecule has 0 atom stereocenters. The first-order valence-corrected chi connectivity index (χ1v) is 1.44. The van der Waals surface area contributed by atoms with Crippen molar-refractivity contribution in [1.29, 1.82) is 0 Å². The topological polar surface area (TPSA) is 0 Å². The second-order valence-electron chi connectivity index (χ2n) is 1.15. The van der Waals surface area contributed by atoms with E-state index in [0.717, 1.165) is 0 Å². The van der Waals surface area contributed by atoms with Crippen molar-refractivity contribution in [3.63, 3.8) is 0 Å². The van der Waals surface area contributed by atoms with E-state index >= 15 is 0 Å². The summed E-state index contributed by atoms with van der Waals surface area (Å²) in [6, 6.07) is 0. The Morgan fingerprint density at radius 1 is 1.50 bits per heavy atom. The molecule has 0 heteroatoms. The van der Waals surface area contributed by atoms with Crippen molar-refractivity contribution >= 4 is 0 Å². The van der Waals surface area contributed by atoms with Crippen molar-refractivity contribution in [2.24, 2.45) is 5.92 Å². The van der Waals surface area contributed by atoms with Crippen LogP contribution in [0.2, 0.25) is 0 Å². The van der Waals surface area contributed by atoms with Gasteiger partial charge < -0.3 is 0 Å². The highest BCUT2D eigenvalue weighted by Gasteiger charge is 1.69. The van der Waals surface area contributed by atoms with Gasteiger partial charge in [-0.25, -0.2) is 0 Å². The predicted molar refractivity (Wildman–Crippen MR) is 18.1 cm³/mol. The fraction of sp³-hybridized carbons (Fsp3) is 0.750. The SMILES string of the molecule is [C]C(C)C. The minimum atomic E-state index is 0.0833. The van der Waals surface area contributed by atoms with E-state index in [0.29, 0.717) is 0 Å². The van der Waals surface area contributed by atoms with E-state index in [2.05, 4.69) is 0 Å². The Morgan fingerprint density at radius 2 is 1.50 bits per heavy atom. The molecular formula is C4H7. The molecule has 0 unspecified atom stereocenters. The van der Waals surface area contributed by atoms with Gasteiger partial charge in [-0.05, 0) is 12.8 Å². The average molecular weight is 55.1 g/mol. The van der Waals surface area contributed by atoms with Crippen LogP contribution in [-0.4, -0.2) is 0 Å². The van der Waals surface area contributed by atoms with Gasteiger partial charge in [0, 0.05) is 0 Å². The van der Waals surface area contributed by atoms with E-state index in [1.165, 1.54) is 0 Å². The maximum Gasteiger partial charge on any atom is -0.00626 e. The third kappa shape index (κ3) is 0. The van der Waals surface area contributed by atoms with Gasteiger partial charge >= 0.3 is 0 Å². The summed E-state index contributed by atoms with van der Waals surface area (Å²) in [6.07, 6.45) is 0. The molecule has 0 saturated carbocycles. The summed E-state index contributed by atoms with van der Waals surface area (Å²) in [7, 11) is 0. The second kappa shape index (κ2) is 1.33. The van der Waals surface area contributed by atoms with Crippen molar-refractivity contribution in [2.75, 3.05) is 0 Å². The van der Waals surface area contributed by atoms with E-state index in [1.54, 1.807) is 0 Å². The summed E-state index contributed by atoms with van der Waals surface area (Å²) < 4.78 is 0. The molecule has 3 radical (unpaired) electrons. The van der Waals surface area contributed by atoms with Gasteiger partial charge in [-0.1, -0.05) is 13.8 Å². The van der Waals surface area contributed by atoms with Crippen LogP contribution in [0.3, 0.4) is 0 Å². The maximum atomic E-state index is 6.58. The molecule has 0 aromatic rings. The lowest BCUT2D eigenvalue weighted by atomic mass is 10.3. The monoisotopic (exact) mass is 55.1 g/mol. The van der Waals surface area contributed by atoms with Crippen LogP contribution in [0.5, 0.6) is 0 Å². The fourth-order valence-corrected chi connectivity index (χ4v) is 0. The van der Waals surface area contributed by atoms with Crippen molar-refractivity contribution in [3.8, 4) is 0 Å². The van der Waals surface area contributed by atoms with Crippen molar-refractivity contribution in [3.05, 3.63) is 6.92 Å². The van der Waals surface area contributed by atoms with Crippen LogP contribution in [0.4, 0.5) is 0 Å². The molecule has 0 bridgehead atoms. The highest BCUT2D eigenvalue weighted by Crippen LogP contribution is 1.80. The van der Waals surface area contributed by atoms with Crippen LogP contribution in [0, 0.1) is 12.8 Å². The predicted octanol–water partition coefficient (Wildman–Crippen LogP) is 1.23. The van der Waals surface area contributed by atoms with E-state index in [9.17, 15) is 0 Å². The molecule has 0 rings (SSSR count). The molecule has 0 heterocycles. The van der Waals surface area contributed by atoms with Gasteiger partial charge in [0.1, 0.15) is 0 Å². The molecule has 0 aliphatic heterocycles. The molecule has 0 aromatic carbocycles. The fourth-order valence-electron chi connectivity index (χ4n) is 0. The molecule has 0 nitrogen and oxygen atoms in total. The third-order valence-corrected chi connectivity index (χ3v) is 0. The lowest BCUT2D eigenvalue weighted by Gasteiger charge is -1.77. The van der Waals surface area contributed by atoms with Gasteiger partial charge in [0.15, 0.2) is 0 Å². The minimum absolute atomic E-state index is 0.0833. The minimum Gasteiger partial charge on any atom is -0.0622 e. The van der Waals surface area contributed by atoms with Crippen LogP contribution < -0.4 is 0 Å². The zero-order chi connectivity index (χ0) is 3.58. The number of rotatable bonds is 0. The molecular weight excluding hydrogens is 48.0 g/mol. The molecule has 0 aliphatic rings. The van der Waals surface area contributed by atoms with E-state index in [1.807, 2.05) is 13.8 Å². The molecule has 0 N–H and O–H groups in total. The molecule has 0 fully saturated rings. The zero-order valence-corrected chi connectivity index (χ0v) is 3.08. The summed E-state index contributed by atoms with van der Waals surface area (Å²) in [5, 5.41) is 0. The van der Waals surface area contributed by atoms with Crippen LogP contribution in [0.15, 0.2) is 0 Å². The van der Waals surface area contributed by atoms with Crippen LogP contribution >= 0.6 is 0 Å². The molecule has 0 spiro atoms. The molecule has 0 amide bonds. The zero-order valence-electron chi connectivity index (χ0n) is 3.08. The van der Waals surface area contributed by atoms with Gasteiger partial charge in [-0.2, -0.15) is 0 Å². The average Bonchev–Trinajstić information content (AvgIpc) is 0.811. The summed E-state index contributed by atoms with van der Waals surface area (Å²) >= 11 is 0. The van der Waals surface area contributed by atoms with E-state index in [4.69, 9.17) is 6.92 Å². The summed E-state index contributed by atoms with van der Waals surface area (Å²) in [5.41, 5.74) is 0. The Labute approximate surface area is 27.8 Å². The first kappa shape index (κ1) is 4.00. The number of hydrogen-bond donors (Lipinski definition) is 0. The number of hydrogen-bond acceptors (Lipinski definition) is 0. The van der Waals surface area contributed by atoms with Gasteiger partial charge in [0.2, 0.25) is 0 Å². The lowest BCUT2D eigenvalue weighted by Crippen LogP contribution is -1.67. The molecule has 0 aromatic heterocycles. The Hall–Kier alpha value is 0. The van der Waals surface area contributed by atoms with Gasteiger partial charge in [-0.15, -0.1) is 0 Å². The highest BCUT2D eigenvalue weighted by molar-refractivity contribution is 4.38. The Kier molecular flexibility index (Phi) is 1.33. The second-order valence-corrected chi connectivity index (χ2v) is 1.15. The van der Waals surface area contributed by atoms with Crippen LogP contribution in [-0.2, 0) is 0 Å². The van der Waals surface area contributed by atoms with Crippen LogP contribution in [0.1, 0.15) is 13.8 Å².